The highest BCUT2D eigenvalue weighted by atomic mass is 32.1. The fourth-order valence-electron chi connectivity index (χ4n) is 5.19. The summed E-state index contributed by atoms with van der Waals surface area (Å²) in [5.74, 6) is 0.930. The molecule has 3 heterocycles. The van der Waals surface area contributed by atoms with Crippen LogP contribution in [-0.2, 0) is 11.3 Å². The molecule has 7 nitrogen and oxygen atoms in total. The van der Waals surface area contributed by atoms with Gasteiger partial charge in [-0.15, -0.1) is 11.3 Å². The van der Waals surface area contributed by atoms with Gasteiger partial charge in [-0.25, -0.2) is 4.98 Å². The van der Waals surface area contributed by atoms with Gasteiger partial charge in [-0.3, -0.25) is 14.5 Å². The zero-order chi connectivity index (χ0) is 26.5. The zero-order valence-electron chi connectivity index (χ0n) is 22.2. The van der Waals surface area contributed by atoms with Gasteiger partial charge in [0.1, 0.15) is 11.4 Å². The molecule has 0 spiro atoms. The molecule has 1 unspecified atom stereocenters. The molecule has 2 aliphatic rings. The molecule has 0 saturated carbocycles. The number of aryl methyl sites for hydroxylation is 2. The second-order valence-electron chi connectivity index (χ2n) is 10.4. The lowest BCUT2D eigenvalue weighted by atomic mass is 9.97. The SMILES string of the molecule is Cc1ccc(OCC(=O)N2CCC(c3nc(C(=O)NC4CCN(Cc5ccccc5)C4)cs3)CC2)cc1C. The Kier molecular flexibility index (Phi) is 8.39. The van der Waals surface area contributed by atoms with Gasteiger partial charge in [0.05, 0.1) is 5.01 Å². The van der Waals surface area contributed by atoms with Crippen LogP contribution in [0.15, 0.2) is 53.9 Å². The minimum Gasteiger partial charge on any atom is -0.484 e. The third kappa shape index (κ3) is 6.60. The van der Waals surface area contributed by atoms with E-state index < -0.39 is 0 Å². The molecular formula is C30H36N4O3S. The highest BCUT2D eigenvalue weighted by Crippen LogP contribution is 2.30. The van der Waals surface area contributed by atoms with Gasteiger partial charge in [-0.2, -0.15) is 0 Å². The Morgan fingerprint density at radius 2 is 1.82 bits per heavy atom. The number of nitrogens with one attached hydrogen (secondary N) is 1. The maximum Gasteiger partial charge on any atom is 0.271 e. The number of nitrogens with zero attached hydrogens (tertiary/aromatic N) is 3. The number of aromatic nitrogens is 1. The number of carbonyl (C=O) groups is 2. The smallest absolute Gasteiger partial charge is 0.271 e. The van der Waals surface area contributed by atoms with Crippen molar-refractivity contribution in [2.24, 2.45) is 0 Å². The van der Waals surface area contributed by atoms with Gasteiger partial charge >= 0.3 is 0 Å². The average Bonchev–Trinajstić information content (AvgIpc) is 3.60. The molecule has 0 bridgehead atoms. The summed E-state index contributed by atoms with van der Waals surface area (Å²) in [6, 6.07) is 16.5. The molecule has 200 valence electrons. The summed E-state index contributed by atoms with van der Waals surface area (Å²) < 4.78 is 5.74. The topological polar surface area (TPSA) is 74.8 Å². The van der Waals surface area contributed by atoms with E-state index in [2.05, 4.69) is 46.4 Å². The number of benzene rings is 2. The van der Waals surface area contributed by atoms with Crippen molar-refractivity contribution in [2.75, 3.05) is 32.8 Å². The molecule has 5 rings (SSSR count). The summed E-state index contributed by atoms with van der Waals surface area (Å²) in [7, 11) is 0. The second-order valence-corrected chi connectivity index (χ2v) is 11.3. The van der Waals surface area contributed by atoms with E-state index in [9.17, 15) is 9.59 Å². The Hall–Kier alpha value is -3.23. The molecular weight excluding hydrogens is 496 g/mol. The maximum atomic E-state index is 12.9. The molecule has 2 fully saturated rings. The number of rotatable bonds is 8. The van der Waals surface area contributed by atoms with Crippen molar-refractivity contribution in [3.8, 4) is 5.75 Å². The van der Waals surface area contributed by atoms with Crippen LogP contribution in [0.4, 0.5) is 0 Å². The first kappa shape index (κ1) is 26.4. The fraction of sp³-hybridized carbons (Fsp3) is 0.433. The Balaban J connectivity index is 1.06. The van der Waals surface area contributed by atoms with Crippen LogP contribution in [0.5, 0.6) is 5.75 Å². The second kappa shape index (κ2) is 12.1. The molecule has 8 heteroatoms. The van der Waals surface area contributed by atoms with E-state index in [0.29, 0.717) is 18.8 Å². The molecule has 2 amide bonds. The number of likely N-dealkylation sites (tertiary alicyclic amines) is 2. The third-order valence-corrected chi connectivity index (χ3v) is 8.66. The number of hydrogen-bond acceptors (Lipinski definition) is 6. The van der Waals surface area contributed by atoms with Gasteiger partial charge in [0.2, 0.25) is 0 Å². The zero-order valence-corrected chi connectivity index (χ0v) is 23.0. The summed E-state index contributed by atoms with van der Waals surface area (Å²) in [4.78, 5) is 34.5. The number of carbonyl (C=O) groups excluding carboxylic acids is 2. The lowest BCUT2D eigenvalue weighted by molar-refractivity contribution is -0.134. The number of thiazole rings is 1. The van der Waals surface area contributed by atoms with Crippen molar-refractivity contribution >= 4 is 23.2 Å². The molecule has 38 heavy (non-hydrogen) atoms. The summed E-state index contributed by atoms with van der Waals surface area (Å²) in [5.41, 5.74) is 4.16. The van der Waals surface area contributed by atoms with Gasteiger partial charge < -0.3 is 15.0 Å². The molecule has 2 aliphatic heterocycles. The molecule has 3 aromatic rings. The number of hydrogen-bond donors (Lipinski definition) is 1. The molecule has 1 N–H and O–H groups in total. The molecule has 0 radical (unpaired) electrons. The fourth-order valence-corrected chi connectivity index (χ4v) is 6.16. The molecule has 1 aromatic heterocycles. The van der Waals surface area contributed by atoms with Crippen molar-refractivity contribution in [3.05, 3.63) is 81.3 Å². The van der Waals surface area contributed by atoms with Gasteiger partial charge in [-0.1, -0.05) is 36.4 Å². The molecule has 2 saturated heterocycles. The van der Waals surface area contributed by atoms with Crippen molar-refractivity contribution < 1.29 is 14.3 Å². The monoisotopic (exact) mass is 532 g/mol. The minimum atomic E-state index is -0.0878. The van der Waals surface area contributed by atoms with Crippen LogP contribution in [0, 0.1) is 13.8 Å². The third-order valence-electron chi connectivity index (χ3n) is 7.65. The van der Waals surface area contributed by atoms with Crippen LogP contribution in [0.2, 0.25) is 0 Å². The Morgan fingerprint density at radius 3 is 2.58 bits per heavy atom. The lowest BCUT2D eigenvalue weighted by Crippen LogP contribution is -2.40. The van der Waals surface area contributed by atoms with Crippen LogP contribution in [0.1, 0.15) is 57.4 Å². The lowest BCUT2D eigenvalue weighted by Gasteiger charge is -2.31. The van der Waals surface area contributed by atoms with Crippen LogP contribution in [0.25, 0.3) is 0 Å². The highest BCUT2D eigenvalue weighted by Gasteiger charge is 2.28. The van der Waals surface area contributed by atoms with Crippen molar-refractivity contribution in [2.45, 2.75) is 51.6 Å². The van der Waals surface area contributed by atoms with Crippen molar-refractivity contribution in [1.82, 2.24) is 20.1 Å². The van der Waals surface area contributed by atoms with Crippen molar-refractivity contribution in [1.29, 1.82) is 0 Å². The first-order valence-corrected chi connectivity index (χ1v) is 14.3. The van der Waals surface area contributed by atoms with Gasteiger partial charge in [0.15, 0.2) is 6.61 Å². The van der Waals surface area contributed by atoms with E-state index in [0.717, 1.165) is 55.2 Å². The van der Waals surface area contributed by atoms with E-state index in [1.165, 1.54) is 11.1 Å². The van der Waals surface area contributed by atoms with E-state index in [4.69, 9.17) is 4.74 Å². The number of amides is 2. The minimum absolute atomic E-state index is 0.0127. The maximum absolute atomic E-state index is 12.9. The predicted molar refractivity (Wildman–Crippen MR) is 150 cm³/mol. The average molecular weight is 533 g/mol. The normalized spacial score (nSPS) is 18.5. The van der Waals surface area contributed by atoms with Crippen LogP contribution in [0.3, 0.4) is 0 Å². The van der Waals surface area contributed by atoms with Gasteiger partial charge in [-0.05, 0) is 61.9 Å². The molecule has 1 atom stereocenters. The van der Waals surface area contributed by atoms with Gasteiger partial charge in [0.25, 0.3) is 11.8 Å². The summed E-state index contributed by atoms with van der Waals surface area (Å²) in [6.45, 7) is 8.26. The summed E-state index contributed by atoms with van der Waals surface area (Å²) >= 11 is 1.55. The summed E-state index contributed by atoms with van der Waals surface area (Å²) in [5, 5.41) is 6.04. The predicted octanol–water partition coefficient (Wildman–Crippen LogP) is 4.55. The largest absolute Gasteiger partial charge is 0.484 e. The standard InChI is InChI=1S/C30H36N4O3S/c1-21-8-9-26(16-22(21)2)37-19-28(35)34-14-10-24(11-15-34)30-32-27(20-38-30)29(36)31-25-12-13-33(18-25)17-23-6-4-3-5-7-23/h3-9,16,20,24-25H,10-15,17-19H2,1-2H3,(H,31,36). The Morgan fingerprint density at radius 1 is 1.03 bits per heavy atom. The summed E-state index contributed by atoms with van der Waals surface area (Å²) in [6.07, 6.45) is 2.65. The Bertz CT molecular complexity index is 1250. The molecule has 0 aliphatic carbocycles. The Labute approximate surface area is 228 Å². The van der Waals surface area contributed by atoms with E-state index >= 15 is 0 Å². The van der Waals surface area contributed by atoms with Crippen molar-refractivity contribution in [3.63, 3.8) is 0 Å². The van der Waals surface area contributed by atoms with E-state index in [1.807, 2.05) is 41.5 Å². The van der Waals surface area contributed by atoms with Crippen LogP contribution < -0.4 is 10.1 Å². The quantitative estimate of drug-likeness (QED) is 0.461. The number of ether oxygens (including phenoxy) is 1. The van der Waals surface area contributed by atoms with Gasteiger partial charge in [0, 0.05) is 50.1 Å². The van der Waals surface area contributed by atoms with E-state index in [1.54, 1.807) is 11.3 Å². The van der Waals surface area contributed by atoms with E-state index in [-0.39, 0.29) is 30.4 Å². The number of piperidine rings is 1. The van der Waals surface area contributed by atoms with Crippen LogP contribution >= 0.6 is 11.3 Å². The molecule has 2 aromatic carbocycles. The van der Waals surface area contributed by atoms with Crippen LogP contribution in [-0.4, -0.2) is 65.4 Å². The first-order valence-electron chi connectivity index (χ1n) is 13.4. The highest BCUT2D eigenvalue weighted by molar-refractivity contribution is 7.09. The first-order chi connectivity index (χ1) is 18.4.